The van der Waals surface area contributed by atoms with Crippen LogP contribution < -0.4 is 32.1 Å². The molecule has 142 valence electrons. The zero-order valence-electron chi connectivity index (χ0n) is 15.2. The van der Waals surface area contributed by atoms with Crippen molar-refractivity contribution in [2.45, 2.75) is 78.5 Å². The molecule has 2 bridgehead atoms. The Morgan fingerprint density at radius 3 is 2.48 bits per heavy atom. The molecular formula is C18H28I2N3O2-. The van der Waals surface area contributed by atoms with Crippen LogP contribution in [0.3, 0.4) is 0 Å². The number of hydrogen-bond donors (Lipinski definition) is 3. The van der Waals surface area contributed by atoms with Gasteiger partial charge in [0.2, 0.25) is 0 Å². The van der Waals surface area contributed by atoms with Crippen LogP contribution in [0.15, 0.2) is 0 Å². The third kappa shape index (κ3) is 1.88. The van der Waals surface area contributed by atoms with E-state index in [0.717, 1.165) is 24.7 Å². The van der Waals surface area contributed by atoms with E-state index in [0.29, 0.717) is 5.41 Å². The second kappa shape index (κ2) is 4.68. The Hall–Kier alpha value is 0.810. The summed E-state index contributed by atoms with van der Waals surface area (Å²) < 4.78 is 16.9. The predicted molar refractivity (Wildman–Crippen MR) is 98.9 cm³/mol. The number of carbonyl (C=O) groups is 1. The van der Waals surface area contributed by atoms with Crippen LogP contribution in [0.5, 0.6) is 0 Å². The third-order valence-electron chi connectivity index (χ3n) is 8.28. The van der Waals surface area contributed by atoms with Gasteiger partial charge in [0, 0.05) is 0 Å². The summed E-state index contributed by atoms with van der Waals surface area (Å²) in [6.45, 7) is 6.94. The molecule has 6 aliphatic rings. The summed E-state index contributed by atoms with van der Waals surface area (Å²) in [7, 11) is 0. The first-order chi connectivity index (χ1) is 11.9. The first kappa shape index (κ1) is 16.7. The van der Waals surface area contributed by atoms with E-state index in [1.807, 2.05) is 0 Å². The molecule has 3 aliphatic carbocycles. The number of halogens is 2. The van der Waals surface area contributed by atoms with Crippen LogP contribution in [0, 0.1) is 22.7 Å². The topological polar surface area (TPSA) is 92.1 Å². The van der Waals surface area contributed by atoms with Crippen LogP contribution in [-0.4, -0.2) is 18.8 Å². The number of fused-ring (bicyclic) bond motifs is 2. The molecule has 6 fully saturated rings. The molecule has 6 rings (SSSR count). The fourth-order valence-electron chi connectivity index (χ4n) is 6.98. The molecular weight excluding hydrogens is 544 g/mol. The van der Waals surface area contributed by atoms with Gasteiger partial charge in [-0.2, -0.15) is 0 Å². The van der Waals surface area contributed by atoms with Crippen LogP contribution in [0.25, 0.3) is 0 Å². The van der Waals surface area contributed by atoms with E-state index in [1.165, 1.54) is 32.1 Å². The minimum absolute atomic E-state index is 0.0189. The molecule has 5 nitrogen and oxygen atoms in total. The first-order valence-electron chi connectivity index (χ1n) is 9.80. The number of hydrogen-bond acceptors (Lipinski definition) is 5. The quantitative estimate of drug-likeness (QED) is 0.103. The van der Waals surface area contributed by atoms with Crippen LogP contribution in [-0.2, 0) is 9.53 Å². The van der Waals surface area contributed by atoms with Crippen LogP contribution in [0.4, 0.5) is 0 Å². The Kier molecular flexibility index (Phi) is 3.13. The normalized spacial score (nSPS) is 51.7. The van der Waals surface area contributed by atoms with Crippen molar-refractivity contribution in [2.24, 2.45) is 22.7 Å². The van der Waals surface area contributed by atoms with Crippen LogP contribution in [0.2, 0.25) is 0 Å². The van der Waals surface area contributed by atoms with Crippen molar-refractivity contribution >= 4 is 26.3 Å². The maximum absolute atomic E-state index is 13.3. The van der Waals surface area contributed by atoms with Gasteiger partial charge in [-0.1, -0.05) is 0 Å². The third-order valence-corrected chi connectivity index (χ3v) is 16.8. The van der Waals surface area contributed by atoms with Crippen LogP contribution >= 0.6 is 20.4 Å². The van der Waals surface area contributed by atoms with E-state index in [2.05, 4.69) is 31.4 Å². The van der Waals surface area contributed by atoms with E-state index in [9.17, 15) is 4.79 Å². The van der Waals surface area contributed by atoms with E-state index < -0.39 is 20.4 Å². The molecule has 0 aromatic carbocycles. The number of esters is 1. The number of carbonyl (C=O) groups excluding carboxylic acids is 1. The van der Waals surface area contributed by atoms with Gasteiger partial charge in [0.05, 0.1) is 0 Å². The van der Waals surface area contributed by atoms with Crippen molar-refractivity contribution in [3.63, 3.8) is 0 Å². The van der Waals surface area contributed by atoms with Crippen molar-refractivity contribution in [3.8, 4) is 0 Å². The number of nitrogens with one attached hydrogen (secondary N) is 3. The monoisotopic (exact) mass is 572 g/mol. The van der Waals surface area contributed by atoms with Gasteiger partial charge in [-0.15, -0.1) is 0 Å². The predicted octanol–water partition coefficient (Wildman–Crippen LogP) is -0.195. The summed E-state index contributed by atoms with van der Waals surface area (Å²) in [6.07, 6.45) is 8.68. The number of alkyl halides is 2. The average Bonchev–Trinajstić information content (AvgIpc) is 3.38. The second-order valence-corrected chi connectivity index (χ2v) is 16.5. The second-order valence-electron chi connectivity index (χ2n) is 9.51. The van der Waals surface area contributed by atoms with Gasteiger partial charge in [-0.3, -0.25) is 0 Å². The number of rotatable bonds is 6. The van der Waals surface area contributed by atoms with Gasteiger partial charge < -0.3 is 0 Å². The molecule has 5 atom stereocenters. The molecule has 0 radical (unpaired) electrons. The van der Waals surface area contributed by atoms with Gasteiger partial charge in [0.25, 0.3) is 0 Å². The fourth-order valence-corrected chi connectivity index (χ4v) is 17.0. The summed E-state index contributed by atoms with van der Waals surface area (Å²) in [5, 5.41) is 0. The average molecular weight is 572 g/mol. The zero-order valence-corrected chi connectivity index (χ0v) is 19.5. The minimum atomic E-state index is -1.13. The molecule has 25 heavy (non-hydrogen) atoms. The summed E-state index contributed by atoms with van der Waals surface area (Å²) in [4.78, 5) is 13.3. The summed E-state index contributed by atoms with van der Waals surface area (Å²) in [5.41, 5.74) is 0.612. The van der Waals surface area contributed by atoms with E-state index in [4.69, 9.17) is 4.74 Å². The Balaban J connectivity index is 1.32. The molecule has 1 spiro atoms. The Labute approximate surface area is 168 Å². The fraction of sp³-hybridized carbons (Fsp3) is 0.944. The standard InChI is InChI=1S/C18H28I2N3O2/c1-4-16(5-2,15-7-11(3)6-14(10-15)8-12(14)9-15)25-13(24)17(19-21-17)18-20(22-18)23-18/h11-12,21-23H,4-10H2,1-3H3/q-1. The van der Waals surface area contributed by atoms with E-state index in [1.54, 1.807) is 0 Å². The molecule has 0 aromatic heterocycles. The first-order valence-corrected chi connectivity index (χ1v) is 15.2. The maximum atomic E-state index is 13.3. The molecule has 3 aliphatic heterocycles. The van der Waals surface area contributed by atoms with Gasteiger partial charge in [0.15, 0.2) is 0 Å². The summed E-state index contributed by atoms with van der Waals surface area (Å²) in [5.74, 6) is 1.77. The molecule has 0 amide bonds. The number of ether oxygens (including phenoxy) is 1. The molecule has 3 heterocycles. The molecule has 7 heteroatoms. The molecule has 0 aromatic rings. The summed E-state index contributed by atoms with van der Waals surface area (Å²) in [6, 6.07) is 0. The zero-order chi connectivity index (χ0) is 17.3. The molecule has 3 saturated carbocycles. The van der Waals surface area contributed by atoms with Crippen molar-refractivity contribution in [1.82, 2.24) is 10.6 Å². The van der Waals surface area contributed by atoms with Crippen LogP contribution in [0.1, 0.15) is 65.7 Å². The van der Waals surface area contributed by atoms with Crippen molar-refractivity contribution < 1.29 is 31.0 Å². The SMILES string of the molecule is CCC(CC)(OC(=O)C1(C23NI2N3)N[I-]1)C12CC(C)CC3(CC3C1)C2. The van der Waals surface area contributed by atoms with E-state index >= 15 is 0 Å². The van der Waals surface area contributed by atoms with Gasteiger partial charge in [-0.05, 0) is 0 Å². The molecule has 3 N–H and O–H groups in total. The molecule has 5 unspecified atom stereocenters. The Morgan fingerprint density at radius 1 is 1.24 bits per heavy atom. The van der Waals surface area contributed by atoms with Gasteiger partial charge >= 0.3 is 169 Å². The van der Waals surface area contributed by atoms with Crippen molar-refractivity contribution in [1.29, 1.82) is 0 Å². The van der Waals surface area contributed by atoms with Gasteiger partial charge in [-0.25, -0.2) is 0 Å². The molecule has 3 saturated heterocycles. The van der Waals surface area contributed by atoms with E-state index in [-0.39, 0.29) is 45.7 Å². The van der Waals surface area contributed by atoms with Gasteiger partial charge in [0.1, 0.15) is 0 Å². The van der Waals surface area contributed by atoms with Crippen molar-refractivity contribution in [2.75, 3.05) is 0 Å². The Bertz CT molecular complexity index is 669. The summed E-state index contributed by atoms with van der Waals surface area (Å²) >= 11 is -1.39. The van der Waals surface area contributed by atoms with Crippen molar-refractivity contribution in [3.05, 3.63) is 0 Å². The Morgan fingerprint density at radius 2 is 1.92 bits per heavy atom.